The van der Waals surface area contributed by atoms with Crippen molar-refractivity contribution in [3.63, 3.8) is 0 Å². The minimum Gasteiger partial charge on any atom is -0.367 e. The molecule has 0 aliphatic carbocycles. The number of aromatic amines is 1. The highest BCUT2D eigenvalue weighted by Crippen LogP contribution is 2.11. The highest BCUT2D eigenvalue weighted by atomic mass is 19.1. The lowest BCUT2D eigenvalue weighted by molar-refractivity contribution is -0.742. The lowest BCUT2D eigenvalue weighted by atomic mass is 10.1. The molecule has 0 spiro atoms. The third-order valence-electron chi connectivity index (χ3n) is 1.84. The monoisotopic (exact) mass is 273 g/mol. The van der Waals surface area contributed by atoms with E-state index in [0.717, 1.165) is 6.07 Å². The van der Waals surface area contributed by atoms with Crippen molar-refractivity contribution in [2.45, 2.75) is 6.42 Å². The van der Waals surface area contributed by atoms with Crippen LogP contribution in [0.15, 0.2) is 18.2 Å². The zero-order valence-electron chi connectivity index (χ0n) is 9.38. The SMILES string of the molecule is Nc1n[nH]c(Cc2cc(F)cc(F)c2)n1.O=[N+]([O-])O. The lowest BCUT2D eigenvalue weighted by Crippen LogP contribution is -1.93. The number of aromatic nitrogens is 3. The summed E-state index contributed by atoms with van der Waals surface area (Å²) >= 11 is 0. The highest BCUT2D eigenvalue weighted by molar-refractivity contribution is 5.23. The van der Waals surface area contributed by atoms with Gasteiger partial charge >= 0.3 is 0 Å². The molecule has 0 aliphatic heterocycles. The number of nitrogen functional groups attached to an aromatic ring is 1. The fraction of sp³-hybridized carbons (Fsp3) is 0.111. The number of H-pyrrole nitrogens is 1. The van der Waals surface area contributed by atoms with Gasteiger partial charge in [-0.2, -0.15) is 4.98 Å². The lowest BCUT2D eigenvalue weighted by Gasteiger charge is -1.98. The van der Waals surface area contributed by atoms with Gasteiger partial charge in [0.15, 0.2) is 0 Å². The summed E-state index contributed by atoms with van der Waals surface area (Å²) < 4.78 is 25.7. The van der Waals surface area contributed by atoms with Gasteiger partial charge in [0.2, 0.25) is 5.95 Å². The van der Waals surface area contributed by atoms with E-state index in [9.17, 15) is 8.78 Å². The summed E-state index contributed by atoms with van der Waals surface area (Å²) in [5, 5.41) is 19.8. The summed E-state index contributed by atoms with van der Waals surface area (Å²) in [4.78, 5) is 12.2. The van der Waals surface area contributed by atoms with E-state index in [0.29, 0.717) is 11.4 Å². The molecule has 8 nitrogen and oxygen atoms in total. The van der Waals surface area contributed by atoms with E-state index < -0.39 is 16.7 Å². The second-order valence-corrected chi connectivity index (χ2v) is 3.33. The van der Waals surface area contributed by atoms with Gasteiger partial charge in [-0.1, -0.05) is 0 Å². The van der Waals surface area contributed by atoms with Crippen LogP contribution in [0.2, 0.25) is 0 Å². The van der Waals surface area contributed by atoms with Gasteiger partial charge in [0.1, 0.15) is 17.5 Å². The van der Waals surface area contributed by atoms with E-state index in [-0.39, 0.29) is 12.4 Å². The molecule has 0 saturated heterocycles. The first-order valence-corrected chi connectivity index (χ1v) is 4.82. The zero-order chi connectivity index (χ0) is 14.4. The summed E-state index contributed by atoms with van der Waals surface area (Å²) in [5.41, 5.74) is 5.77. The predicted molar refractivity (Wildman–Crippen MR) is 58.7 cm³/mol. The quantitative estimate of drug-likeness (QED) is 0.550. The molecule has 0 saturated carbocycles. The molecular formula is C9H9F2N5O3. The molecule has 1 heterocycles. The molecule has 0 amide bonds. The fourth-order valence-electron chi connectivity index (χ4n) is 1.30. The Hall–Kier alpha value is -2.78. The van der Waals surface area contributed by atoms with Gasteiger partial charge in [-0.3, -0.25) is 5.10 Å². The standard InChI is InChI=1S/C9H8F2N4.HNO3/c10-6-1-5(2-7(11)4-6)3-8-13-9(12)15-14-8;2-1(3)4/h1-2,4H,3H2,(H3,12,13,14,15);(H,2,3,4). The Morgan fingerprint density at radius 2 is 1.89 bits per heavy atom. The number of nitrogens with zero attached hydrogens (tertiary/aromatic N) is 3. The van der Waals surface area contributed by atoms with Gasteiger partial charge < -0.3 is 10.9 Å². The fourth-order valence-corrected chi connectivity index (χ4v) is 1.30. The molecule has 0 radical (unpaired) electrons. The normalized spacial score (nSPS) is 9.58. The van der Waals surface area contributed by atoms with E-state index in [1.54, 1.807) is 0 Å². The Morgan fingerprint density at radius 3 is 2.32 bits per heavy atom. The van der Waals surface area contributed by atoms with Crippen LogP contribution < -0.4 is 5.73 Å². The number of rotatable bonds is 2. The molecule has 19 heavy (non-hydrogen) atoms. The maximum Gasteiger partial charge on any atom is 0.291 e. The minimum absolute atomic E-state index is 0.113. The van der Waals surface area contributed by atoms with Crippen LogP contribution in [-0.2, 0) is 6.42 Å². The van der Waals surface area contributed by atoms with E-state index in [2.05, 4.69) is 15.2 Å². The van der Waals surface area contributed by atoms with Crippen molar-refractivity contribution in [1.29, 1.82) is 0 Å². The molecule has 1 aromatic carbocycles. The highest BCUT2D eigenvalue weighted by Gasteiger charge is 2.04. The van der Waals surface area contributed by atoms with E-state index in [4.69, 9.17) is 21.1 Å². The topological polar surface area (TPSA) is 131 Å². The maximum absolute atomic E-state index is 12.8. The Balaban J connectivity index is 0.000000399. The predicted octanol–water partition coefficient (Wildman–Crippen LogP) is 0.908. The van der Waals surface area contributed by atoms with Crippen molar-refractivity contribution in [2.75, 3.05) is 5.73 Å². The number of nitrogens with two attached hydrogens (primary N) is 1. The number of halogens is 2. The maximum atomic E-state index is 12.8. The van der Waals surface area contributed by atoms with Crippen molar-refractivity contribution < 1.29 is 19.1 Å². The van der Waals surface area contributed by atoms with Gasteiger partial charge in [0.25, 0.3) is 5.09 Å². The Labute approximate surface area is 105 Å². The van der Waals surface area contributed by atoms with Crippen LogP contribution in [0, 0.1) is 21.7 Å². The molecule has 1 aromatic heterocycles. The van der Waals surface area contributed by atoms with Gasteiger partial charge in [-0.25, -0.2) is 8.78 Å². The van der Waals surface area contributed by atoms with Crippen molar-refractivity contribution in [2.24, 2.45) is 0 Å². The van der Waals surface area contributed by atoms with Gasteiger partial charge in [-0.15, -0.1) is 15.2 Å². The molecule has 0 aliphatic rings. The van der Waals surface area contributed by atoms with Gasteiger partial charge in [0.05, 0.1) is 0 Å². The molecule has 4 N–H and O–H groups in total. The van der Waals surface area contributed by atoms with Crippen molar-refractivity contribution in [3.8, 4) is 0 Å². The molecule has 0 atom stereocenters. The molecule has 0 bridgehead atoms. The number of benzene rings is 1. The third kappa shape index (κ3) is 5.39. The Bertz CT molecular complexity index is 550. The zero-order valence-corrected chi connectivity index (χ0v) is 9.38. The largest absolute Gasteiger partial charge is 0.367 e. The van der Waals surface area contributed by atoms with Gasteiger partial charge in [0, 0.05) is 12.5 Å². The average Bonchev–Trinajstić information content (AvgIpc) is 2.61. The van der Waals surface area contributed by atoms with E-state index in [1.807, 2.05) is 0 Å². The van der Waals surface area contributed by atoms with Crippen LogP contribution in [0.5, 0.6) is 0 Å². The number of anilines is 1. The van der Waals surface area contributed by atoms with Crippen LogP contribution in [0.4, 0.5) is 14.7 Å². The Kier molecular flexibility index (Phi) is 4.69. The summed E-state index contributed by atoms with van der Waals surface area (Å²) in [5.74, 6) is -0.644. The smallest absolute Gasteiger partial charge is 0.291 e. The van der Waals surface area contributed by atoms with Crippen molar-refractivity contribution in [1.82, 2.24) is 15.2 Å². The van der Waals surface area contributed by atoms with E-state index in [1.165, 1.54) is 12.1 Å². The van der Waals surface area contributed by atoms with Gasteiger partial charge in [-0.05, 0) is 17.7 Å². The minimum atomic E-state index is -1.50. The second kappa shape index (κ2) is 6.23. The first-order valence-electron chi connectivity index (χ1n) is 4.82. The second-order valence-electron chi connectivity index (χ2n) is 3.33. The summed E-state index contributed by atoms with van der Waals surface area (Å²) in [6.45, 7) is 0. The van der Waals surface area contributed by atoms with Crippen molar-refractivity contribution in [3.05, 3.63) is 51.3 Å². The van der Waals surface area contributed by atoms with Crippen LogP contribution in [0.1, 0.15) is 11.4 Å². The van der Waals surface area contributed by atoms with Crippen LogP contribution >= 0.6 is 0 Å². The summed E-state index contributed by atoms with van der Waals surface area (Å²) in [7, 11) is 0. The molecule has 102 valence electrons. The van der Waals surface area contributed by atoms with Crippen molar-refractivity contribution >= 4 is 5.95 Å². The van der Waals surface area contributed by atoms with Crippen LogP contribution in [-0.4, -0.2) is 25.5 Å². The summed E-state index contributed by atoms with van der Waals surface area (Å²) in [6, 6.07) is 3.29. The number of hydrogen-bond donors (Lipinski definition) is 3. The molecule has 2 aromatic rings. The van der Waals surface area contributed by atoms with Crippen LogP contribution in [0.25, 0.3) is 0 Å². The number of nitrogens with one attached hydrogen (secondary N) is 1. The molecule has 0 fully saturated rings. The average molecular weight is 273 g/mol. The molecule has 0 unspecified atom stereocenters. The first-order chi connectivity index (χ1) is 8.86. The van der Waals surface area contributed by atoms with Crippen LogP contribution in [0.3, 0.4) is 0 Å². The van der Waals surface area contributed by atoms with E-state index >= 15 is 0 Å². The Morgan fingerprint density at radius 1 is 1.37 bits per heavy atom. The number of hydrogen-bond acceptors (Lipinski definition) is 5. The third-order valence-corrected chi connectivity index (χ3v) is 1.84. The first kappa shape index (κ1) is 14.3. The molecule has 10 heteroatoms. The molecular weight excluding hydrogens is 264 g/mol. The summed E-state index contributed by atoms with van der Waals surface area (Å²) in [6.07, 6.45) is 0.263. The molecule has 2 rings (SSSR count).